The molecule has 0 bridgehead atoms. The highest BCUT2D eigenvalue weighted by molar-refractivity contribution is 5.95. The van der Waals surface area contributed by atoms with Crippen LogP contribution in [0.3, 0.4) is 0 Å². The van der Waals surface area contributed by atoms with E-state index in [4.69, 9.17) is 5.73 Å². The van der Waals surface area contributed by atoms with Gasteiger partial charge in [-0.1, -0.05) is 6.92 Å². The van der Waals surface area contributed by atoms with Crippen molar-refractivity contribution in [2.75, 3.05) is 11.9 Å². The van der Waals surface area contributed by atoms with Crippen molar-refractivity contribution in [2.45, 2.75) is 32.6 Å². The van der Waals surface area contributed by atoms with Gasteiger partial charge in [-0.15, -0.1) is 0 Å². The molecule has 0 unspecified atom stereocenters. The molecule has 0 heterocycles. The van der Waals surface area contributed by atoms with Crippen LogP contribution in [0.15, 0.2) is 18.2 Å². The Morgan fingerprint density at radius 1 is 1.40 bits per heavy atom. The van der Waals surface area contributed by atoms with Gasteiger partial charge in [0.1, 0.15) is 11.6 Å². The van der Waals surface area contributed by atoms with Crippen LogP contribution in [0.1, 0.15) is 32.6 Å². The number of halogens is 2. The molecule has 1 aliphatic rings. The Labute approximate surface area is 117 Å². The summed E-state index contributed by atoms with van der Waals surface area (Å²) in [4.78, 5) is 12.4. The summed E-state index contributed by atoms with van der Waals surface area (Å²) in [5, 5.41) is 2.55. The van der Waals surface area contributed by atoms with Gasteiger partial charge in [0.05, 0.1) is 11.1 Å². The fourth-order valence-electron chi connectivity index (χ4n) is 2.68. The van der Waals surface area contributed by atoms with Crippen molar-refractivity contribution < 1.29 is 13.6 Å². The fourth-order valence-corrected chi connectivity index (χ4v) is 2.68. The molecular weight excluding hydrogens is 262 g/mol. The van der Waals surface area contributed by atoms with Crippen LogP contribution < -0.4 is 11.1 Å². The lowest BCUT2D eigenvalue weighted by Crippen LogP contribution is -2.45. The molecule has 1 fully saturated rings. The van der Waals surface area contributed by atoms with Crippen LogP contribution in [-0.2, 0) is 4.79 Å². The van der Waals surface area contributed by atoms with Crippen LogP contribution in [0.25, 0.3) is 0 Å². The number of carbonyl (C=O) groups excluding carboxylic acids is 1. The minimum atomic E-state index is -0.769. The number of benzene rings is 1. The molecule has 1 amide bonds. The molecule has 0 spiro atoms. The van der Waals surface area contributed by atoms with Gasteiger partial charge in [0, 0.05) is 12.6 Å². The highest BCUT2D eigenvalue weighted by atomic mass is 19.1. The summed E-state index contributed by atoms with van der Waals surface area (Å²) >= 11 is 0. The molecule has 2 rings (SSSR count). The van der Waals surface area contributed by atoms with Gasteiger partial charge in [-0.3, -0.25) is 4.79 Å². The summed E-state index contributed by atoms with van der Waals surface area (Å²) in [5.41, 5.74) is 5.16. The number of nitrogens with one attached hydrogen (secondary N) is 1. The average molecular weight is 282 g/mol. The normalized spacial score (nSPS) is 26.3. The standard InChI is InChI=1S/C15H20F2N2O/c1-10-4-6-15(9-18,7-5-10)14(20)19-13-3-2-11(16)8-12(13)17/h2-3,8,10H,4-7,9,18H2,1H3,(H,19,20). The maximum Gasteiger partial charge on any atom is 0.231 e. The van der Waals surface area contributed by atoms with Gasteiger partial charge in [0.15, 0.2) is 0 Å². The minimum absolute atomic E-state index is 0.00264. The van der Waals surface area contributed by atoms with Gasteiger partial charge in [-0.25, -0.2) is 8.78 Å². The molecule has 3 N–H and O–H groups in total. The first-order valence-electron chi connectivity index (χ1n) is 6.93. The average Bonchev–Trinajstić information content (AvgIpc) is 2.43. The first-order chi connectivity index (χ1) is 9.47. The zero-order valence-electron chi connectivity index (χ0n) is 11.6. The smallest absolute Gasteiger partial charge is 0.231 e. The molecule has 5 heteroatoms. The maximum absolute atomic E-state index is 13.6. The second kappa shape index (κ2) is 5.87. The van der Waals surface area contributed by atoms with Crippen molar-refractivity contribution in [1.29, 1.82) is 0 Å². The third-order valence-electron chi connectivity index (χ3n) is 4.28. The molecule has 0 aliphatic heterocycles. The molecule has 0 atom stereocenters. The predicted molar refractivity (Wildman–Crippen MR) is 74.1 cm³/mol. The second-order valence-corrected chi connectivity index (χ2v) is 5.75. The van der Waals surface area contributed by atoms with Gasteiger partial charge >= 0.3 is 0 Å². The molecule has 1 saturated carbocycles. The molecule has 0 saturated heterocycles. The first kappa shape index (κ1) is 14.9. The number of rotatable bonds is 3. The van der Waals surface area contributed by atoms with Crippen LogP contribution in [0.2, 0.25) is 0 Å². The number of hydrogen-bond donors (Lipinski definition) is 2. The van der Waals surface area contributed by atoms with E-state index < -0.39 is 17.0 Å². The van der Waals surface area contributed by atoms with Crippen molar-refractivity contribution in [1.82, 2.24) is 0 Å². The number of carbonyl (C=O) groups is 1. The molecular formula is C15H20F2N2O. The van der Waals surface area contributed by atoms with Crippen molar-refractivity contribution in [3.8, 4) is 0 Å². The third-order valence-corrected chi connectivity index (χ3v) is 4.28. The van der Waals surface area contributed by atoms with E-state index in [1.807, 2.05) is 0 Å². The summed E-state index contributed by atoms with van der Waals surface area (Å²) in [6.07, 6.45) is 3.30. The Balaban J connectivity index is 2.13. The van der Waals surface area contributed by atoms with Crippen LogP contribution >= 0.6 is 0 Å². The summed E-state index contributed by atoms with van der Waals surface area (Å²) in [6, 6.07) is 3.11. The van der Waals surface area contributed by atoms with Crippen molar-refractivity contribution in [2.24, 2.45) is 17.1 Å². The lowest BCUT2D eigenvalue weighted by Gasteiger charge is -2.37. The van der Waals surface area contributed by atoms with Crippen molar-refractivity contribution in [3.63, 3.8) is 0 Å². The van der Waals surface area contributed by atoms with Crippen molar-refractivity contribution in [3.05, 3.63) is 29.8 Å². The number of hydrogen-bond acceptors (Lipinski definition) is 2. The van der Waals surface area contributed by atoms with E-state index in [1.165, 1.54) is 6.07 Å². The predicted octanol–water partition coefficient (Wildman–Crippen LogP) is 3.06. The highest BCUT2D eigenvalue weighted by Gasteiger charge is 2.40. The van der Waals surface area contributed by atoms with Gasteiger partial charge in [-0.2, -0.15) is 0 Å². The maximum atomic E-state index is 13.6. The van der Waals surface area contributed by atoms with E-state index >= 15 is 0 Å². The van der Waals surface area contributed by atoms with Crippen LogP contribution in [-0.4, -0.2) is 12.5 Å². The highest BCUT2D eigenvalue weighted by Crippen LogP contribution is 2.39. The quantitative estimate of drug-likeness (QED) is 0.895. The van der Waals surface area contributed by atoms with Gasteiger partial charge in [-0.05, 0) is 43.7 Å². The molecule has 20 heavy (non-hydrogen) atoms. The molecule has 1 aromatic rings. The second-order valence-electron chi connectivity index (χ2n) is 5.75. The molecule has 110 valence electrons. The van der Waals surface area contributed by atoms with Crippen molar-refractivity contribution >= 4 is 11.6 Å². The minimum Gasteiger partial charge on any atom is -0.329 e. The van der Waals surface area contributed by atoms with E-state index in [1.54, 1.807) is 0 Å². The Morgan fingerprint density at radius 3 is 2.60 bits per heavy atom. The van der Waals surface area contributed by atoms with Crippen LogP contribution in [0.5, 0.6) is 0 Å². The van der Waals surface area contributed by atoms with Gasteiger partial charge < -0.3 is 11.1 Å². The monoisotopic (exact) mass is 282 g/mol. The van der Waals surface area contributed by atoms with E-state index in [0.29, 0.717) is 18.8 Å². The Hall–Kier alpha value is -1.49. The first-order valence-corrected chi connectivity index (χ1v) is 6.93. The van der Waals surface area contributed by atoms with Crippen LogP contribution in [0, 0.1) is 23.0 Å². The lowest BCUT2D eigenvalue weighted by atomic mass is 9.70. The molecule has 1 aromatic carbocycles. The summed E-state index contributed by atoms with van der Waals surface area (Å²) in [7, 11) is 0. The van der Waals surface area contributed by atoms with Gasteiger partial charge in [0.25, 0.3) is 0 Å². The Bertz CT molecular complexity index is 497. The summed E-state index contributed by atoms with van der Waals surface area (Å²) in [5.74, 6) is -1.11. The number of amides is 1. The largest absolute Gasteiger partial charge is 0.329 e. The summed E-state index contributed by atoms with van der Waals surface area (Å²) in [6.45, 7) is 2.40. The molecule has 3 nitrogen and oxygen atoms in total. The fraction of sp³-hybridized carbons (Fsp3) is 0.533. The third kappa shape index (κ3) is 2.98. The molecule has 1 aliphatic carbocycles. The van der Waals surface area contributed by atoms with E-state index in [2.05, 4.69) is 12.2 Å². The van der Waals surface area contributed by atoms with E-state index in [9.17, 15) is 13.6 Å². The lowest BCUT2D eigenvalue weighted by molar-refractivity contribution is -0.127. The zero-order valence-corrected chi connectivity index (χ0v) is 11.6. The zero-order chi connectivity index (χ0) is 14.8. The molecule has 0 aromatic heterocycles. The van der Waals surface area contributed by atoms with E-state index in [0.717, 1.165) is 25.0 Å². The number of nitrogens with two attached hydrogens (primary N) is 1. The van der Waals surface area contributed by atoms with Gasteiger partial charge in [0.2, 0.25) is 5.91 Å². The topological polar surface area (TPSA) is 55.1 Å². The molecule has 0 radical (unpaired) electrons. The van der Waals surface area contributed by atoms with Crippen LogP contribution in [0.4, 0.5) is 14.5 Å². The Kier molecular flexibility index (Phi) is 4.38. The summed E-state index contributed by atoms with van der Waals surface area (Å²) < 4.78 is 26.4. The SMILES string of the molecule is CC1CCC(CN)(C(=O)Nc2ccc(F)cc2F)CC1. The number of anilines is 1. The van der Waals surface area contributed by atoms with E-state index in [-0.39, 0.29) is 18.1 Å². The Morgan fingerprint density at radius 2 is 2.05 bits per heavy atom.